The van der Waals surface area contributed by atoms with Crippen LogP contribution in [-0.2, 0) is 28.4 Å². The molecule has 0 aliphatic heterocycles. The fraction of sp³-hybridized carbons (Fsp3) is 1.00. The van der Waals surface area contributed by atoms with E-state index in [-0.39, 0.29) is 6.29 Å². The van der Waals surface area contributed by atoms with Crippen molar-refractivity contribution in [1.82, 2.24) is 0 Å². The van der Waals surface area contributed by atoms with E-state index in [4.69, 9.17) is 28.4 Å². The molecule has 0 heterocycles. The lowest BCUT2D eigenvalue weighted by atomic mass is 10.6. The van der Waals surface area contributed by atoms with Crippen LogP contribution in [0.15, 0.2) is 0 Å². The van der Waals surface area contributed by atoms with Crippen LogP contribution >= 0.6 is 0 Å². The molecule has 0 spiro atoms. The quantitative estimate of drug-likeness (QED) is 0.330. The van der Waals surface area contributed by atoms with E-state index in [2.05, 4.69) is 0 Å². The zero-order chi connectivity index (χ0) is 14.2. The molecule has 0 aliphatic carbocycles. The molecule has 0 aromatic carbocycles. The first-order chi connectivity index (χ1) is 9.35. The van der Waals surface area contributed by atoms with Gasteiger partial charge in [-0.1, -0.05) is 0 Å². The van der Waals surface area contributed by atoms with E-state index < -0.39 is 0 Å². The second-order valence-corrected chi connectivity index (χ2v) is 3.63. The van der Waals surface area contributed by atoms with Crippen molar-refractivity contribution in [3.63, 3.8) is 0 Å². The largest absolute Gasteiger partial charge is 0.382 e. The highest BCUT2D eigenvalue weighted by atomic mass is 16.7. The van der Waals surface area contributed by atoms with Gasteiger partial charge in [-0.2, -0.15) is 0 Å². The Labute approximate surface area is 116 Å². The van der Waals surface area contributed by atoms with Gasteiger partial charge in [0.15, 0.2) is 6.29 Å². The molecule has 1 unspecified atom stereocenters. The maximum absolute atomic E-state index is 5.45. The average Bonchev–Trinajstić information content (AvgIpc) is 2.42. The number of hydrogen-bond acceptors (Lipinski definition) is 6. The third-order valence-corrected chi connectivity index (χ3v) is 2.15. The minimum atomic E-state index is -0.344. The van der Waals surface area contributed by atoms with Crippen LogP contribution in [-0.4, -0.2) is 72.9 Å². The van der Waals surface area contributed by atoms with E-state index in [0.717, 1.165) is 0 Å². The monoisotopic (exact) mass is 280 g/mol. The molecule has 0 aromatic rings. The van der Waals surface area contributed by atoms with Crippen molar-refractivity contribution in [2.75, 3.05) is 66.6 Å². The van der Waals surface area contributed by atoms with E-state index in [1.165, 1.54) is 0 Å². The normalized spacial score (nSPS) is 12.8. The number of hydrogen-bond donors (Lipinski definition) is 0. The zero-order valence-corrected chi connectivity index (χ0v) is 12.4. The molecular formula is C13H28O6. The van der Waals surface area contributed by atoms with Gasteiger partial charge in [0.05, 0.1) is 46.2 Å². The molecule has 0 radical (unpaired) electrons. The van der Waals surface area contributed by atoms with Crippen LogP contribution in [0.5, 0.6) is 0 Å². The zero-order valence-electron chi connectivity index (χ0n) is 12.4. The van der Waals surface area contributed by atoms with Crippen LogP contribution < -0.4 is 0 Å². The topological polar surface area (TPSA) is 55.4 Å². The summed E-state index contributed by atoms with van der Waals surface area (Å²) in [6, 6.07) is 0. The van der Waals surface area contributed by atoms with Gasteiger partial charge in [0.2, 0.25) is 0 Å². The third-order valence-electron chi connectivity index (χ3n) is 2.15. The van der Waals surface area contributed by atoms with Crippen molar-refractivity contribution < 1.29 is 28.4 Å². The van der Waals surface area contributed by atoms with Gasteiger partial charge in [0, 0.05) is 20.3 Å². The second kappa shape index (κ2) is 15.8. The predicted octanol–water partition coefficient (Wildman–Crippen LogP) is 1.08. The van der Waals surface area contributed by atoms with Crippen molar-refractivity contribution in [2.45, 2.75) is 20.1 Å². The van der Waals surface area contributed by atoms with Gasteiger partial charge in [-0.3, -0.25) is 0 Å². The minimum Gasteiger partial charge on any atom is -0.382 e. The number of rotatable bonds is 15. The van der Waals surface area contributed by atoms with Crippen LogP contribution in [0, 0.1) is 0 Å². The van der Waals surface area contributed by atoms with E-state index in [9.17, 15) is 0 Å². The highest BCUT2D eigenvalue weighted by Crippen LogP contribution is 1.96. The number of ether oxygens (including phenoxy) is 6. The summed E-state index contributed by atoms with van der Waals surface area (Å²) >= 11 is 0. The van der Waals surface area contributed by atoms with E-state index >= 15 is 0 Å². The summed E-state index contributed by atoms with van der Waals surface area (Å²) in [6.45, 7) is 8.90. The number of methoxy groups -OCH3 is 1. The van der Waals surface area contributed by atoms with E-state index in [1.807, 2.05) is 13.8 Å². The Balaban J connectivity index is 3.36. The molecule has 6 nitrogen and oxygen atoms in total. The summed E-state index contributed by atoms with van der Waals surface area (Å²) in [6.07, 6.45) is -0.344. The van der Waals surface area contributed by atoms with Gasteiger partial charge >= 0.3 is 0 Å². The van der Waals surface area contributed by atoms with E-state index in [0.29, 0.717) is 59.5 Å². The molecule has 0 fully saturated rings. The first kappa shape index (κ1) is 18.8. The first-order valence-electron chi connectivity index (χ1n) is 6.80. The van der Waals surface area contributed by atoms with Gasteiger partial charge < -0.3 is 28.4 Å². The summed E-state index contributed by atoms with van der Waals surface area (Å²) in [5.74, 6) is 0. The molecule has 0 saturated carbocycles. The summed E-state index contributed by atoms with van der Waals surface area (Å²) < 4.78 is 31.6. The third kappa shape index (κ3) is 14.0. The molecule has 1 atom stereocenters. The maximum Gasteiger partial charge on any atom is 0.180 e. The van der Waals surface area contributed by atoms with Crippen LogP contribution in [0.25, 0.3) is 0 Å². The maximum atomic E-state index is 5.45. The fourth-order valence-corrected chi connectivity index (χ4v) is 1.25. The highest BCUT2D eigenvalue weighted by Gasteiger charge is 2.08. The standard InChI is InChI=1S/C13H28O6/c1-4-15-7-8-16-9-10-17-12-13(18-5-2)19-11-6-14-3/h13H,4-12H2,1-3H3. The van der Waals surface area contributed by atoms with Gasteiger partial charge in [-0.25, -0.2) is 0 Å². The Bertz CT molecular complexity index is 167. The molecule has 0 amide bonds. The highest BCUT2D eigenvalue weighted by molar-refractivity contribution is 4.43. The molecule has 0 bridgehead atoms. The van der Waals surface area contributed by atoms with Crippen molar-refractivity contribution in [3.05, 3.63) is 0 Å². The molecule has 6 heteroatoms. The Morgan fingerprint density at radius 2 is 1.37 bits per heavy atom. The SMILES string of the molecule is CCOCCOCCOCC(OCC)OCCOC. The molecule has 0 aliphatic rings. The Morgan fingerprint density at radius 3 is 2.00 bits per heavy atom. The Hall–Kier alpha value is -0.240. The van der Waals surface area contributed by atoms with Crippen LogP contribution in [0.1, 0.15) is 13.8 Å². The average molecular weight is 280 g/mol. The van der Waals surface area contributed by atoms with Crippen molar-refractivity contribution >= 4 is 0 Å². The second-order valence-electron chi connectivity index (χ2n) is 3.63. The molecule has 19 heavy (non-hydrogen) atoms. The molecular weight excluding hydrogens is 252 g/mol. The lowest BCUT2D eigenvalue weighted by Gasteiger charge is -2.17. The molecule has 116 valence electrons. The van der Waals surface area contributed by atoms with Crippen LogP contribution in [0.2, 0.25) is 0 Å². The fourth-order valence-electron chi connectivity index (χ4n) is 1.25. The summed E-state index contributed by atoms with van der Waals surface area (Å²) in [5.41, 5.74) is 0. The van der Waals surface area contributed by atoms with Crippen molar-refractivity contribution in [3.8, 4) is 0 Å². The summed E-state index contributed by atoms with van der Waals surface area (Å²) in [4.78, 5) is 0. The Kier molecular flexibility index (Phi) is 15.6. The molecule has 0 saturated heterocycles. The molecule has 0 rings (SSSR count). The van der Waals surface area contributed by atoms with Gasteiger partial charge in [-0.15, -0.1) is 0 Å². The minimum absolute atomic E-state index is 0.344. The lowest BCUT2D eigenvalue weighted by Crippen LogP contribution is -2.26. The van der Waals surface area contributed by atoms with Crippen molar-refractivity contribution in [2.24, 2.45) is 0 Å². The summed E-state index contributed by atoms with van der Waals surface area (Å²) in [5, 5.41) is 0. The molecule has 0 N–H and O–H groups in total. The van der Waals surface area contributed by atoms with Gasteiger partial charge in [0.25, 0.3) is 0 Å². The smallest absolute Gasteiger partial charge is 0.180 e. The summed E-state index contributed by atoms with van der Waals surface area (Å²) in [7, 11) is 1.63. The van der Waals surface area contributed by atoms with Gasteiger partial charge in [0.1, 0.15) is 0 Å². The predicted molar refractivity (Wildman–Crippen MR) is 71.4 cm³/mol. The Morgan fingerprint density at radius 1 is 0.684 bits per heavy atom. The van der Waals surface area contributed by atoms with Gasteiger partial charge in [-0.05, 0) is 13.8 Å². The van der Waals surface area contributed by atoms with Crippen LogP contribution in [0.4, 0.5) is 0 Å². The first-order valence-corrected chi connectivity index (χ1v) is 6.80. The lowest BCUT2D eigenvalue weighted by molar-refractivity contribution is -0.176. The van der Waals surface area contributed by atoms with Crippen molar-refractivity contribution in [1.29, 1.82) is 0 Å². The van der Waals surface area contributed by atoms with Crippen LogP contribution in [0.3, 0.4) is 0 Å². The van der Waals surface area contributed by atoms with E-state index in [1.54, 1.807) is 7.11 Å². The molecule has 0 aromatic heterocycles.